The summed E-state index contributed by atoms with van der Waals surface area (Å²) in [7, 11) is -3.96. The summed E-state index contributed by atoms with van der Waals surface area (Å²) < 4.78 is 14.2. The Morgan fingerprint density at radius 1 is 1.33 bits per heavy atom. The van der Waals surface area contributed by atoms with Gasteiger partial charge in [-0.05, 0) is 5.56 Å². The van der Waals surface area contributed by atoms with Crippen LogP contribution in [0.3, 0.4) is 0 Å². The summed E-state index contributed by atoms with van der Waals surface area (Å²) in [6.07, 6.45) is 0.965. The second kappa shape index (κ2) is 3.83. The zero-order valence-electron chi connectivity index (χ0n) is 6.12. The van der Waals surface area contributed by atoms with Crippen molar-refractivity contribution >= 4 is 7.60 Å². The van der Waals surface area contributed by atoms with E-state index in [1.165, 1.54) is 0 Å². The first-order chi connectivity index (χ1) is 5.64. The molecule has 1 unspecified atom stereocenters. The van der Waals surface area contributed by atoms with E-state index in [0.717, 1.165) is 6.16 Å². The first kappa shape index (κ1) is 9.42. The lowest BCUT2D eigenvalue weighted by molar-refractivity contribution is -0.144. The van der Waals surface area contributed by atoms with Crippen molar-refractivity contribution in [1.29, 1.82) is 0 Å². The molecule has 0 aromatic heterocycles. The predicted octanol–water partition coefficient (Wildman–Crippen LogP) is 1.87. The van der Waals surface area contributed by atoms with Gasteiger partial charge in [0.05, 0.1) is 0 Å². The molecule has 1 rings (SSSR count). The molecule has 0 spiro atoms. The fraction of sp³-hybridized carbons (Fsp3) is 0. The summed E-state index contributed by atoms with van der Waals surface area (Å²) in [4.78, 5) is 8.80. The molecule has 1 atom stereocenters. The van der Waals surface area contributed by atoms with Crippen LogP contribution in [0.15, 0.2) is 30.3 Å². The molecular formula is C7H8O4P. The molecule has 0 aliphatic heterocycles. The van der Waals surface area contributed by atoms with E-state index in [4.69, 9.17) is 10.2 Å². The average Bonchev–Trinajstić information content (AvgIpc) is 2.06. The normalized spacial score (nSPS) is 15.5. The highest BCUT2D eigenvalue weighted by Gasteiger charge is 2.19. The minimum Gasteiger partial charge on any atom is -0.322 e. The highest BCUT2D eigenvalue weighted by atomic mass is 31.2. The van der Waals surface area contributed by atoms with Gasteiger partial charge in [0.1, 0.15) is 6.16 Å². The van der Waals surface area contributed by atoms with Gasteiger partial charge in [0, 0.05) is 0 Å². The summed E-state index contributed by atoms with van der Waals surface area (Å²) in [5.74, 6) is 0. The van der Waals surface area contributed by atoms with Crippen molar-refractivity contribution in [2.75, 3.05) is 0 Å². The summed E-state index contributed by atoms with van der Waals surface area (Å²) >= 11 is 0. The van der Waals surface area contributed by atoms with Gasteiger partial charge in [-0.25, -0.2) is 5.26 Å². The van der Waals surface area contributed by atoms with Gasteiger partial charge in [-0.2, -0.15) is 4.67 Å². The van der Waals surface area contributed by atoms with E-state index < -0.39 is 7.60 Å². The molecule has 1 aromatic rings. The summed E-state index contributed by atoms with van der Waals surface area (Å²) in [6, 6.07) is 8.45. The van der Waals surface area contributed by atoms with Crippen molar-refractivity contribution in [3.05, 3.63) is 42.1 Å². The zero-order chi connectivity index (χ0) is 9.03. The van der Waals surface area contributed by atoms with Gasteiger partial charge in [0.25, 0.3) is 0 Å². The van der Waals surface area contributed by atoms with E-state index in [0.29, 0.717) is 5.56 Å². The van der Waals surface area contributed by atoms with Gasteiger partial charge < -0.3 is 4.89 Å². The Morgan fingerprint density at radius 3 is 2.42 bits per heavy atom. The number of rotatable bonds is 3. The van der Waals surface area contributed by atoms with Crippen LogP contribution < -0.4 is 0 Å². The van der Waals surface area contributed by atoms with Crippen LogP contribution in [-0.2, 0) is 9.24 Å². The van der Waals surface area contributed by atoms with Gasteiger partial charge in [0.15, 0.2) is 0 Å². The van der Waals surface area contributed by atoms with Gasteiger partial charge in [-0.3, -0.25) is 4.57 Å². The summed E-state index contributed by atoms with van der Waals surface area (Å²) in [6.45, 7) is 0. The highest BCUT2D eigenvalue weighted by molar-refractivity contribution is 7.55. The Bertz CT molecular complexity index is 285. The number of hydrogen-bond acceptors (Lipinski definition) is 3. The van der Waals surface area contributed by atoms with Crippen LogP contribution in [0.25, 0.3) is 0 Å². The molecule has 1 aromatic carbocycles. The van der Waals surface area contributed by atoms with Crippen LogP contribution in [0.5, 0.6) is 0 Å². The van der Waals surface area contributed by atoms with Crippen LogP contribution in [0.2, 0.25) is 0 Å². The molecule has 1 radical (unpaired) electrons. The average molecular weight is 187 g/mol. The lowest BCUT2D eigenvalue weighted by Gasteiger charge is -2.04. The predicted molar refractivity (Wildman–Crippen MR) is 43.4 cm³/mol. The molecule has 65 valence electrons. The number of benzene rings is 1. The fourth-order valence-electron chi connectivity index (χ4n) is 0.751. The summed E-state index contributed by atoms with van der Waals surface area (Å²) in [5.41, 5.74) is 0.525. The van der Waals surface area contributed by atoms with E-state index in [-0.39, 0.29) is 0 Å². The monoisotopic (exact) mass is 187 g/mol. The molecule has 0 saturated heterocycles. The molecule has 0 saturated carbocycles. The van der Waals surface area contributed by atoms with Crippen molar-refractivity contribution < 1.29 is 19.4 Å². The third-order valence-electron chi connectivity index (χ3n) is 1.23. The summed E-state index contributed by atoms with van der Waals surface area (Å²) in [5, 5.41) is 8.01. The van der Waals surface area contributed by atoms with Gasteiger partial charge >= 0.3 is 7.60 Å². The van der Waals surface area contributed by atoms with E-state index in [2.05, 4.69) is 4.67 Å². The van der Waals surface area contributed by atoms with Crippen molar-refractivity contribution in [3.8, 4) is 0 Å². The van der Waals surface area contributed by atoms with Crippen LogP contribution in [-0.4, -0.2) is 10.2 Å². The Morgan fingerprint density at radius 2 is 1.92 bits per heavy atom. The lowest BCUT2D eigenvalue weighted by atomic mass is 10.2. The lowest BCUT2D eigenvalue weighted by Crippen LogP contribution is -1.86. The Kier molecular flexibility index (Phi) is 3.00. The van der Waals surface area contributed by atoms with E-state index in [1.807, 2.05) is 0 Å². The van der Waals surface area contributed by atoms with Gasteiger partial charge in [0.2, 0.25) is 0 Å². The molecule has 2 N–H and O–H groups in total. The Balaban J connectivity index is 2.71. The van der Waals surface area contributed by atoms with Gasteiger partial charge in [-0.15, -0.1) is 0 Å². The topological polar surface area (TPSA) is 66.8 Å². The van der Waals surface area contributed by atoms with Gasteiger partial charge in [-0.1, -0.05) is 30.3 Å². The van der Waals surface area contributed by atoms with Crippen molar-refractivity contribution in [2.24, 2.45) is 0 Å². The zero-order valence-corrected chi connectivity index (χ0v) is 7.02. The molecule has 0 heterocycles. The molecule has 0 aliphatic rings. The maximum absolute atomic E-state index is 10.8. The standard InChI is InChI=1S/C7H8O4P/c8-11-12(9,10)6-7-4-2-1-3-5-7/h1-6,8H,(H,9,10). The highest BCUT2D eigenvalue weighted by Crippen LogP contribution is 2.46. The smallest absolute Gasteiger partial charge is 0.322 e. The molecule has 5 heteroatoms. The van der Waals surface area contributed by atoms with E-state index in [9.17, 15) is 4.57 Å². The first-order valence-corrected chi connectivity index (χ1v) is 4.85. The molecule has 0 amide bonds. The largest absolute Gasteiger partial charge is 0.363 e. The van der Waals surface area contributed by atoms with Crippen LogP contribution >= 0.6 is 7.60 Å². The molecule has 0 bridgehead atoms. The third-order valence-corrected chi connectivity index (χ3v) is 2.09. The minimum absolute atomic E-state index is 0.525. The second-order valence-corrected chi connectivity index (χ2v) is 3.74. The quantitative estimate of drug-likeness (QED) is 0.430. The SMILES string of the molecule is O=P(O)([CH]c1ccccc1)OO. The molecule has 4 nitrogen and oxygen atoms in total. The molecule has 0 fully saturated rings. The Hall–Kier alpha value is -0.670. The third kappa shape index (κ3) is 2.75. The second-order valence-electron chi connectivity index (χ2n) is 2.19. The van der Waals surface area contributed by atoms with Crippen LogP contribution in [0.1, 0.15) is 5.56 Å². The Labute approximate surface area is 69.9 Å². The van der Waals surface area contributed by atoms with Crippen molar-refractivity contribution in [2.45, 2.75) is 0 Å². The van der Waals surface area contributed by atoms with Crippen LogP contribution in [0.4, 0.5) is 0 Å². The molecular weight excluding hydrogens is 179 g/mol. The van der Waals surface area contributed by atoms with E-state index in [1.54, 1.807) is 30.3 Å². The maximum atomic E-state index is 10.8. The molecule has 12 heavy (non-hydrogen) atoms. The van der Waals surface area contributed by atoms with Crippen molar-refractivity contribution in [3.63, 3.8) is 0 Å². The maximum Gasteiger partial charge on any atom is 0.363 e. The number of hydrogen-bond donors (Lipinski definition) is 2. The van der Waals surface area contributed by atoms with Crippen LogP contribution in [0, 0.1) is 6.16 Å². The van der Waals surface area contributed by atoms with E-state index >= 15 is 0 Å². The first-order valence-electron chi connectivity index (χ1n) is 3.21. The minimum atomic E-state index is -3.96. The fourth-order valence-corrected chi connectivity index (χ4v) is 1.35. The molecule has 0 aliphatic carbocycles. The van der Waals surface area contributed by atoms with Crippen molar-refractivity contribution in [1.82, 2.24) is 0 Å².